The van der Waals surface area contributed by atoms with Crippen LogP contribution in [0.3, 0.4) is 0 Å². The maximum Gasteiger partial charge on any atom is 0.0232 e. The van der Waals surface area contributed by atoms with Gasteiger partial charge in [-0.05, 0) is 12.5 Å². The van der Waals surface area contributed by atoms with Crippen LogP contribution >= 0.6 is 11.8 Å². The lowest BCUT2D eigenvalue weighted by Crippen LogP contribution is -2.47. The first kappa shape index (κ1) is 9.40. The lowest BCUT2D eigenvalue weighted by Gasteiger charge is -2.40. The quantitative estimate of drug-likeness (QED) is 0.552. The van der Waals surface area contributed by atoms with Gasteiger partial charge in [-0.2, -0.15) is 11.8 Å². The van der Waals surface area contributed by atoms with Gasteiger partial charge >= 0.3 is 0 Å². The molecular weight excluding hydrogens is 154 g/mol. The Balaban J connectivity index is 2.55. The molecule has 1 aliphatic rings. The molecule has 0 aromatic rings. The maximum absolute atomic E-state index is 2.50. The molecule has 1 atom stereocenters. The van der Waals surface area contributed by atoms with Gasteiger partial charge in [0.1, 0.15) is 0 Å². The van der Waals surface area contributed by atoms with Gasteiger partial charge in [0.25, 0.3) is 0 Å². The molecular formula is C9H19NS. The van der Waals surface area contributed by atoms with E-state index < -0.39 is 0 Å². The van der Waals surface area contributed by atoms with E-state index in [9.17, 15) is 0 Å². The van der Waals surface area contributed by atoms with Gasteiger partial charge in [0.05, 0.1) is 0 Å². The second-order valence-electron chi connectivity index (χ2n) is 4.44. The summed E-state index contributed by atoms with van der Waals surface area (Å²) in [6.45, 7) is 8.26. The van der Waals surface area contributed by atoms with Crippen molar-refractivity contribution in [3.8, 4) is 0 Å². The topological polar surface area (TPSA) is 3.24 Å². The molecule has 1 unspecified atom stereocenters. The monoisotopic (exact) mass is 173 g/mol. The highest BCUT2D eigenvalue weighted by molar-refractivity contribution is 7.99. The molecule has 1 nitrogen and oxygen atoms in total. The summed E-state index contributed by atoms with van der Waals surface area (Å²) >= 11 is 2.09. The van der Waals surface area contributed by atoms with Crippen molar-refractivity contribution >= 4 is 11.8 Å². The number of hydrogen-bond donors (Lipinski definition) is 0. The predicted molar refractivity (Wildman–Crippen MR) is 53.2 cm³/mol. The number of nitrogens with zero attached hydrogens (tertiary/aromatic N) is 1. The van der Waals surface area contributed by atoms with E-state index in [4.69, 9.17) is 0 Å². The molecule has 0 aromatic heterocycles. The van der Waals surface area contributed by atoms with Gasteiger partial charge in [0.2, 0.25) is 0 Å². The van der Waals surface area contributed by atoms with Crippen LogP contribution in [-0.4, -0.2) is 36.0 Å². The van der Waals surface area contributed by atoms with Gasteiger partial charge in [-0.3, -0.25) is 0 Å². The molecule has 1 saturated heterocycles. The first-order valence-corrected chi connectivity index (χ1v) is 5.45. The molecule has 0 saturated carbocycles. The van der Waals surface area contributed by atoms with Crippen LogP contribution < -0.4 is 0 Å². The molecule has 0 spiro atoms. The molecule has 1 heterocycles. The van der Waals surface area contributed by atoms with Crippen LogP contribution in [0, 0.1) is 5.41 Å². The first-order chi connectivity index (χ1) is 5.02. The van der Waals surface area contributed by atoms with Gasteiger partial charge in [-0.1, -0.05) is 20.8 Å². The van der Waals surface area contributed by atoms with E-state index in [1.807, 2.05) is 0 Å². The largest absolute Gasteiger partial charge is 0.301 e. The number of thioether (sulfide) groups is 1. The fourth-order valence-corrected chi connectivity index (χ4v) is 3.16. The van der Waals surface area contributed by atoms with E-state index in [1.54, 1.807) is 0 Å². The Hall–Kier alpha value is 0.310. The van der Waals surface area contributed by atoms with Crippen molar-refractivity contribution < 1.29 is 0 Å². The zero-order valence-corrected chi connectivity index (χ0v) is 8.87. The van der Waals surface area contributed by atoms with Crippen LogP contribution in [0.15, 0.2) is 0 Å². The highest BCUT2D eigenvalue weighted by Gasteiger charge is 2.30. The van der Waals surface area contributed by atoms with Gasteiger partial charge < -0.3 is 4.90 Å². The average Bonchev–Trinajstić information content (AvgIpc) is 1.86. The molecule has 0 aromatic carbocycles. The fourth-order valence-electron chi connectivity index (χ4n) is 1.60. The van der Waals surface area contributed by atoms with Crippen LogP contribution in [-0.2, 0) is 0 Å². The van der Waals surface area contributed by atoms with E-state index >= 15 is 0 Å². The van der Waals surface area contributed by atoms with Crippen LogP contribution in [0.1, 0.15) is 20.8 Å². The molecule has 2 heteroatoms. The van der Waals surface area contributed by atoms with Crippen LogP contribution in [0.5, 0.6) is 0 Å². The minimum Gasteiger partial charge on any atom is -0.301 e. The summed E-state index contributed by atoms with van der Waals surface area (Å²) in [6, 6.07) is 0.765. The predicted octanol–water partition coefficient (Wildman–Crippen LogP) is 2.08. The summed E-state index contributed by atoms with van der Waals surface area (Å²) in [5.74, 6) is 2.61. The summed E-state index contributed by atoms with van der Waals surface area (Å²) in [4.78, 5) is 2.50. The number of rotatable bonds is 0. The summed E-state index contributed by atoms with van der Waals surface area (Å²) in [5.41, 5.74) is 0.447. The van der Waals surface area contributed by atoms with E-state index in [1.165, 1.54) is 18.1 Å². The molecule has 66 valence electrons. The van der Waals surface area contributed by atoms with Crippen molar-refractivity contribution in [2.75, 3.05) is 25.1 Å². The van der Waals surface area contributed by atoms with Gasteiger partial charge in [0, 0.05) is 24.1 Å². The summed E-state index contributed by atoms with van der Waals surface area (Å²) in [6.07, 6.45) is 0. The average molecular weight is 173 g/mol. The van der Waals surface area contributed by atoms with Crippen molar-refractivity contribution in [1.29, 1.82) is 0 Å². The van der Waals surface area contributed by atoms with Crippen LogP contribution in [0.25, 0.3) is 0 Å². The molecule has 0 N–H and O–H groups in total. The third-order valence-electron chi connectivity index (χ3n) is 2.40. The third-order valence-corrected chi connectivity index (χ3v) is 3.42. The minimum atomic E-state index is 0.447. The first-order valence-electron chi connectivity index (χ1n) is 4.30. The smallest absolute Gasteiger partial charge is 0.0232 e. The molecule has 1 fully saturated rings. The summed E-state index contributed by atoms with van der Waals surface area (Å²) < 4.78 is 0. The molecule has 1 aliphatic heterocycles. The standard InChI is InChI=1S/C9H19NS/c1-9(2,3)8-7-11-6-5-10(8)4/h8H,5-7H2,1-4H3. The zero-order valence-electron chi connectivity index (χ0n) is 8.05. The van der Waals surface area contributed by atoms with E-state index in [2.05, 4.69) is 44.5 Å². The molecule has 0 amide bonds. The van der Waals surface area contributed by atoms with Gasteiger partial charge in [-0.25, -0.2) is 0 Å². The molecule has 0 bridgehead atoms. The molecule has 1 rings (SSSR count). The van der Waals surface area contributed by atoms with Crippen LogP contribution in [0.2, 0.25) is 0 Å². The molecule has 0 radical (unpaired) electrons. The minimum absolute atomic E-state index is 0.447. The Morgan fingerprint density at radius 3 is 2.36 bits per heavy atom. The second-order valence-corrected chi connectivity index (χ2v) is 5.59. The Kier molecular flexibility index (Phi) is 2.87. The molecule has 0 aliphatic carbocycles. The van der Waals surface area contributed by atoms with Crippen molar-refractivity contribution in [2.45, 2.75) is 26.8 Å². The number of hydrogen-bond acceptors (Lipinski definition) is 2. The lowest BCUT2D eigenvalue weighted by atomic mass is 9.87. The van der Waals surface area contributed by atoms with Crippen molar-refractivity contribution in [3.63, 3.8) is 0 Å². The zero-order chi connectivity index (χ0) is 8.48. The normalized spacial score (nSPS) is 28.9. The van der Waals surface area contributed by atoms with E-state index in [0.29, 0.717) is 5.41 Å². The fraction of sp³-hybridized carbons (Fsp3) is 1.00. The van der Waals surface area contributed by atoms with E-state index in [-0.39, 0.29) is 0 Å². The summed E-state index contributed by atoms with van der Waals surface area (Å²) in [7, 11) is 2.25. The lowest BCUT2D eigenvalue weighted by molar-refractivity contribution is 0.147. The second kappa shape index (κ2) is 3.36. The Bertz CT molecular complexity index is 128. The van der Waals surface area contributed by atoms with Gasteiger partial charge in [0.15, 0.2) is 0 Å². The Morgan fingerprint density at radius 1 is 1.36 bits per heavy atom. The van der Waals surface area contributed by atoms with Crippen LogP contribution in [0.4, 0.5) is 0 Å². The van der Waals surface area contributed by atoms with Crippen molar-refractivity contribution in [2.24, 2.45) is 5.41 Å². The van der Waals surface area contributed by atoms with Crippen molar-refractivity contribution in [3.05, 3.63) is 0 Å². The maximum atomic E-state index is 2.50. The van der Waals surface area contributed by atoms with Crippen molar-refractivity contribution in [1.82, 2.24) is 4.90 Å². The highest BCUT2D eigenvalue weighted by atomic mass is 32.2. The van der Waals surface area contributed by atoms with E-state index in [0.717, 1.165) is 6.04 Å². The van der Waals surface area contributed by atoms with Gasteiger partial charge in [-0.15, -0.1) is 0 Å². The Morgan fingerprint density at radius 2 is 2.00 bits per heavy atom. The SMILES string of the molecule is CN1CCSCC1C(C)(C)C. The highest BCUT2D eigenvalue weighted by Crippen LogP contribution is 2.29. The summed E-state index contributed by atoms with van der Waals surface area (Å²) in [5, 5.41) is 0. The Labute approximate surface area is 74.5 Å². The molecule has 11 heavy (non-hydrogen) atoms. The third kappa shape index (κ3) is 2.38.